The van der Waals surface area contributed by atoms with Gasteiger partial charge in [-0.1, -0.05) is 30.3 Å². The van der Waals surface area contributed by atoms with E-state index in [2.05, 4.69) is 5.32 Å². The molecule has 1 saturated heterocycles. The van der Waals surface area contributed by atoms with Gasteiger partial charge in [0.2, 0.25) is 5.91 Å². The first-order valence-electron chi connectivity index (χ1n) is 7.67. The Morgan fingerprint density at radius 3 is 2.36 bits per heavy atom. The lowest BCUT2D eigenvalue weighted by atomic mass is 9.96. The second kappa shape index (κ2) is 6.81. The van der Waals surface area contributed by atoms with Crippen LogP contribution in [0.1, 0.15) is 38.7 Å². The van der Waals surface area contributed by atoms with E-state index in [1.54, 1.807) is 0 Å². The fraction of sp³-hybridized carbons (Fsp3) is 0.529. The van der Waals surface area contributed by atoms with Gasteiger partial charge in [0.25, 0.3) is 0 Å². The van der Waals surface area contributed by atoms with Crippen LogP contribution in [0.25, 0.3) is 0 Å². The van der Waals surface area contributed by atoms with E-state index in [4.69, 9.17) is 4.74 Å². The van der Waals surface area contributed by atoms with Crippen molar-refractivity contribution >= 4 is 12.0 Å². The number of benzene rings is 1. The number of hydrogen-bond donors (Lipinski definition) is 1. The standard InChI is InChI=1S/C17H24N2O3/c1-17(2,3)22-16(21)18-12-14(13-8-5-4-6-9-13)15(20)19-10-7-11-19/h4-6,8-9,14H,7,10-12H2,1-3H3,(H,18,21). The molecule has 0 saturated carbocycles. The maximum atomic E-state index is 12.6. The van der Waals surface area contributed by atoms with Crippen LogP contribution in [0.5, 0.6) is 0 Å². The molecule has 1 N–H and O–H groups in total. The highest BCUT2D eigenvalue weighted by molar-refractivity contribution is 5.85. The van der Waals surface area contributed by atoms with E-state index in [9.17, 15) is 9.59 Å². The maximum absolute atomic E-state index is 12.6. The minimum atomic E-state index is -0.548. The summed E-state index contributed by atoms with van der Waals surface area (Å²) in [5.41, 5.74) is 0.365. The van der Waals surface area contributed by atoms with E-state index in [0.29, 0.717) is 0 Å². The molecule has 1 unspecified atom stereocenters. The molecule has 1 aromatic rings. The predicted molar refractivity (Wildman–Crippen MR) is 84.6 cm³/mol. The van der Waals surface area contributed by atoms with Crippen LogP contribution in [0, 0.1) is 0 Å². The van der Waals surface area contributed by atoms with Crippen LogP contribution >= 0.6 is 0 Å². The average Bonchev–Trinajstić information content (AvgIpc) is 2.36. The Kier molecular flexibility index (Phi) is 5.06. The number of carbonyl (C=O) groups is 2. The summed E-state index contributed by atoms with van der Waals surface area (Å²) in [7, 11) is 0. The monoisotopic (exact) mass is 304 g/mol. The van der Waals surface area contributed by atoms with Crippen LogP contribution in [-0.4, -0.2) is 42.1 Å². The molecule has 0 spiro atoms. The number of amides is 2. The molecule has 5 nitrogen and oxygen atoms in total. The number of alkyl carbamates (subject to hydrolysis) is 1. The van der Waals surface area contributed by atoms with E-state index in [1.165, 1.54) is 0 Å². The Bertz CT molecular complexity index is 518. The van der Waals surface area contributed by atoms with Crippen LogP contribution in [0.15, 0.2) is 30.3 Å². The normalized spacial score (nSPS) is 15.7. The number of nitrogens with zero attached hydrogens (tertiary/aromatic N) is 1. The van der Waals surface area contributed by atoms with Gasteiger partial charge in [0.15, 0.2) is 0 Å². The van der Waals surface area contributed by atoms with Crippen molar-refractivity contribution < 1.29 is 14.3 Å². The van der Waals surface area contributed by atoms with E-state index < -0.39 is 11.7 Å². The number of nitrogens with one attached hydrogen (secondary N) is 1. The zero-order valence-electron chi connectivity index (χ0n) is 13.5. The second-order valence-corrected chi connectivity index (χ2v) is 6.52. The van der Waals surface area contributed by atoms with Gasteiger partial charge >= 0.3 is 6.09 Å². The third-order valence-corrected chi connectivity index (χ3v) is 3.52. The number of carbonyl (C=O) groups excluding carboxylic acids is 2. The molecule has 0 bridgehead atoms. The summed E-state index contributed by atoms with van der Waals surface area (Å²) < 4.78 is 5.23. The summed E-state index contributed by atoms with van der Waals surface area (Å²) in [6.07, 6.45) is 0.553. The van der Waals surface area contributed by atoms with Gasteiger partial charge in [0.05, 0.1) is 5.92 Å². The zero-order valence-corrected chi connectivity index (χ0v) is 13.5. The summed E-state index contributed by atoms with van der Waals surface area (Å²) in [6.45, 7) is 7.28. The Labute approximate surface area is 131 Å². The Balaban J connectivity index is 2.02. The minimum absolute atomic E-state index is 0.0634. The van der Waals surface area contributed by atoms with Crippen LogP contribution in [-0.2, 0) is 9.53 Å². The van der Waals surface area contributed by atoms with E-state index in [0.717, 1.165) is 25.1 Å². The van der Waals surface area contributed by atoms with Crippen molar-refractivity contribution in [3.63, 3.8) is 0 Å². The van der Waals surface area contributed by atoms with Crippen molar-refractivity contribution in [3.05, 3.63) is 35.9 Å². The lowest BCUT2D eigenvalue weighted by Crippen LogP contribution is -2.47. The summed E-state index contributed by atoms with van der Waals surface area (Å²) in [4.78, 5) is 26.2. The van der Waals surface area contributed by atoms with E-state index >= 15 is 0 Å². The molecular weight excluding hydrogens is 280 g/mol. The van der Waals surface area contributed by atoms with Crippen LogP contribution in [0.4, 0.5) is 4.79 Å². The van der Waals surface area contributed by atoms with Crippen molar-refractivity contribution in [3.8, 4) is 0 Å². The SMILES string of the molecule is CC(C)(C)OC(=O)NCC(C(=O)N1CCC1)c1ccccc1. The van der Waals surface area contributed by atoms with Gasteiger partial charge in [-0.15, -0.1) is 0 Å². The van der Waals surface area contributed by atoms with Crippen LogP contribution in [0.3, 0.4) is 0 Å². The fourth-order valence-electron chi connectivity index (χ4n) is 2.29. The highest BCUT2D eigenvalue weighted by Gasteiger charge is 2.29. The Morgan fingerprint density at radius 1 is 1.23 bits per heavy atom. The molecule has 0 radical (unpaired) electrons. The molecule has 2 rings (SSSR count). The van der Waals surface area contributed by atoms with Crippen molar-refractivity contribution in [2.75, 3.05) is 19.6 Å². The molecule has 5 heteroatoms. The highest BCUT2D eigenvalue weighted by atomic mass is 16.6. The zero-order chi connectivity index (χ0) is 16.2. The molecule has 1 fully saturated rings. The summed E-state index contributed by atoms with van der Waals surface area (Å²) in [5, 5.41) is 2.71. The largest absolute Gasteiger partial charge is 0.444 e. The van der Waals surface area contributed by atoms with E-state index in [1.807, 2.05) is 56.0 Å². The quantitative estimate of drug-likeness (QED) is 0.930. The van der Waals surface area contributed by atoms with Gasteiger partial charge < -0.3 is 15.0 Å². The van der Waals surface area contributed by atoms with Crippen LogP contribution < -0.4 is 5.32 Å². The smallest absolute Gasteiger partial charge is 0.407 e. The number of ether oxygens (including phenoxy) is 1. The van der Waals surface area contributed by atoms with Gasteiger partial charge in [0, 0.05) is 19.6 Å². The molecule has 120 valence electrons. The Morgan fingerprint density at radius 2 is 1.86 bits per heavy atom. The summed E-state index contributed by atoms with van der Waals surface area (Å²) in [6, 6.07) is 9.55. The lowest BCUT2D eigenvalue weighted by Gasteiger charge is -2.34. The molecule has 22 heavy (non-hydrogen) atoms. The van der Waals surface area contributed by atoms with Gasteiger partial charge in [-0.25, -0.2) is 4.79 Å². The molecular formula is C17H24N2O3. The van der Waals surface area contributed by atoms with Crippen molar-refractivity contribution in [2.24, 2.45) is 0 Å². The molecule has 1 aromatic carbocycles. The molecule has 0 aromatic heterocycles. The first-order chi connectivity index (χ1) is 10.4. The van der Waals surface area contributed by atoms with Gasteiger partial charge in [0.1, 0.15) is 5.60 Å². The van der Waals surface area contributed by atoms with Gasteiger partial charge in [-0.2, -0.15) is 0 Å². The molecule has 0 aliphatic carbocycles. The van der Waals surface area contributed by atoms with Crippen molar-refractivity contribution in [2.45, 2.75) is 38.7 Å². The average molecular weight is 304 g/mol. The number of hydrogen-bond acceptors (Lipinski definition) is 3. The van der Waals surface area contributed by atoms with Crippen LogP contribution in [0.2, 0.25) is 0 Å². The third-order valence-electron chi connectivity index (χ3n) is 3.52. The van der Waals surface area contributed by atoms with E-state index in [-0.39, 0.29) is 18.4 Å². The second-order valence-electron chi connectivity index (χ2n) is 6.52. The topological polar surface area (TPSA) is 58.6 Å². The number of likely N-dealkylation sites (tertiary alicyclic amines) is 1. The molecule has 1 heterocycles. The lowest BCUT2D eigenvalue weighted by molar-refractivity contribution is -0.136. The van der Waals surface area contributed by atoms with Gasteiger partial charge in [-0.05, 0) is 32.8 Å². The van der Waals surface area contributed by atoms with Gasteiger partial charge in [-0.3, -0.25) is 4.79 Å². The third kappa shape index (κ3) is 4.48. The molecule has 2 amide bonds. The predicted octanol–water partition coefficient (Wildman–Crippen LogP) is 2.53. The first-order valence-corrected chi connectivity index (χ1v) is 7.67. The summed E-state index contributed by atoms with van der Waals surface area (Å²) in [5.74, 6) is -0.303. The van der Waals surface area contributed by atoms with Crippen molar-refractivity contribution in [1.29, 1.82) is 0 Å². The van der Waals surface area contributed by atoms with Crippen molar-refractivity contribution in [1.82, 2.24) is 10.2 Å². The maximum Gasteiger partial charge on any atom is 0.407 e. The first kappa shape index (κ1) is 16.3. The fourth-order valence-corrected chi connectivity index (χ4v) is 2.29. The number of rotatable bonds is 4. The molecule has 1 atom stereocenters. The molecule has 1 aliphatic heterocycles. The molecule has 1 aliphatic rings. The summed E-state index contributed by atoms with van der Waals surface area (Å²) >= 11 is 0. The highest BCUT2D eigenvalue weighted by Crippen LogP contribution is 2.21. The minimum Gasteiger partial charge on any atom is -0.444 e. The Hall–Kier alpha value is -2.04.